The Hall–Kier alpha value is -3.12. The highest BCUT2D eigenvalue weighted by Gasteiger charge is 2.05. The van der Waals surface area contributed by atoms with Crippen LogP contribution in [0.5, 0.6) is 5.75 Å². The smallest absolute Gasteiger partial charge is 0.151 e. The van der Waals surface area contributed by atoms with Crippen LogP contribution in [0.2, 0.25) is 0 Å². The lowest BCUT2D eigenvalue weighted by Crippen LogP contribution is -1.86. The van der Waals surface area contributed by atoms with E-state index in [1.165, 1.54) is 5.56 Å². The number of carbonyl (C=O) groups is 1. The van der Waals surface area contributed by atoms with E-state index in [1.54, 1.807) is 25.3 Å². The Labute approximate surface area is 178 Å². The maximum absolute atomic E-state index is 10.4. The summed E-state index contributed by atoms with van der Waals surface area (Å²) >= 11 is 3.24. The van der Waals surface area contributed by atoms with Gasteiger partial charge in [-0.05, 0) is 64.8 Å². The highest BCUT2D eigenvalue weighted by atomic mass is 79.9. The van der Waals surface area contributed by atoms with Crippen molar-refractivity contribution < 1.29 is 9.53 Å². The Morgan fingerprint density at radius 3 is 2.48 bits per heavy atom. The van der Waals surface area contributed by atoms with E-state index in [4.69, 9.17) is 4.74 Å². The van der Waals surface area contributed by atoms with E-state index >= 15 is 0 Å². The summed E-state index contributed by atoms with van der Waals surface area (Å²) in [6.07, 6.45) is 4.89. The first kappa shape index (κ1) is 20.6. The van der Waals surface area contributed by atoms with Crippen LogP contribution in [-0.4, -0.2) is 29.8 Å². The van der Waals surface area contributed by atoms with Crippen LogP contribution in [0.4, 0.5) is 5.69 Å². The van der Waals surface area contributed by atoms with Gasteiger partial charge in [0.05, 0.1) is 12.8 Å². The van der Waals surface area contributed by atoms with Crippen molar-refractivity contribution in [3.8, 4) is 17.0 Å². The summed E-state index contributed by atoms with van der Waals surface area (Å²) in [4.78, 5) is 15.0. The minimum Gasteiger partial charge on any atom is -0.497 e. The Balaban J connectivity index is 0.000000188. The number of aryl methyl sites for hydroxylation is 1. The average molecular weight is 452 g/mol. The van der Waals surface area contributed by atoms with Gasteiger partial charge in [0.15, 0.2) is 6.29 Å². The van der Waals surface area contributed by atoms with Gasteiger partial charge in [0.2, 0.25) is 0 Å². The van der Waals surface area contributed by atoms with Crippen molar-refractivity contribution in [3.05, 3.63) is 82.6 Å². The van der Waals surface area contributed by atoms with Crippen LogP contribution in [0.1, 0.15) is 15.9 Å². The molecule has 0 saturated carbocycles. The maximum atomic E-state index is 10.4. The number of fused-ring (bicyclic) bond motifs is 1. The summed E-state index contributed by atoms with van der Waals surface area (Å²) in [6, 6.07) is 17.6. The Bertz CT molecular complexity index is 1120. The number of carbonyl (C=O) groups excluding carboxylic acids is 1. The number of rotatable bonds is 4. The van der Waals surface area contributed by atoms with Crippen molar-refractivity contribution in [2.75, 3.05) is 19.5 Å². The number of aldehydes is 1. The molecule has 2 aromatic heterocycles. The molecule has 0 saturated heterocycles. The van der Waals surface area contributed by atoms with Gasteiger partial charge < -0.3 is 14.5 Å². The number of ether oxygens (including phenoxy) is 1. The van der Waals surface area contributed by atoms with Crippen molar-refractivity contribution in [3.63, 3.8) is 0 Å². The van der Waals surface area contributed by atoms with E-state index in [9.17, 15) is 4.79 Å². The molecule has 0 radical (unpaired) electrons. The monoisotopic (exact) mass is 451 g/mol. The third-order valence-electron chi connectivity index (χ3n) is 4.48. The van der Waals surface area contributed by atoms with Gasteiger partial charge in [0, 0.05) is 40.7 Å². The molecule has 4 rings (SSSR count). The van der Waals surface area contributed by atoms with E-state index in [-0.39, 0.29) is 0 Å². The molecular formula is C23H22BrN3O2. The minimum atomic E-state index is 0.630. The molecule has 0 aliphatic heterocycles. The van der Waals surface area contributed by atoms with Gasteiger partial charge >= 0.3 is 0 Å². The summed E-state index contributed by atoms with van der Waals surface area (Å²) in [5.74, 6) is 0.738. The van der Waals surface area contributed by atoms with Crippen LogP contribution < -0.4 is 10.1 Å². The number of methoxy groups -OCH3 is 1. The highest BCUT2D eigenvalue weighted by Crippen LogP contribution is 2.22. The van der Waals surface area contributed by atoms with E-state index < -0.39 is 0 Å². The second-order valence-electron chi connectivity index (χ2n) is 6.38. The predicted octanol–water partition coefficient (Wildman–Crippen LogP) is 5.62. The third-order valence-corrected chi connectivity index (χ3v) is 5.17. The fourth-order valence-electron chi connectivity index (χ4n) is 2.83. The molecule has 5 nitrogen and oxygen atoms in total. The Morgan fingerprint density at radius 2 is 1.90 bits per heavy atom. The molecule has 1 N–H and O–H groups in total. The van der Waals surface area contributed by atoms with Gasteiger partial charge in [-0.1, -0.05) is 18.2 Å². The normalized spacial score (nSPS) is 10.2. The molecule has 0 aliphatic rings. The molecule has 0 atom stereocenters. The van der Waals surface area contributed by atoms with Crippen molar-refractivity contribution in [1.29, 1.82) is 0 Å². The molecule has 0 spiro atoms. The number of imidazole rings is 1. The van der Waals surface area contributed by atoms with Gasteiger partial charge in [0.1, 0.15) is 11.4 Å². The largest absolute Gasteiger partial charge is 0.497 e. The lowest BCUT2D eigenvalue weighted by atomic mass is 10.1. The zero-order chi connectivity index (χ0) is 20.8. The summed E-state index contributed by atoms with van der Waals surface area (Å²) in [6.45, 7) is 2.08. The molecule has 0 amide bonds. The van der Waals surface area contributed by atoms with Gasteiger partial charge in [-0.15, -0.1) is 0 Å². The summed E-state index contributed by atoms with van der Waals surface area (Å²) in [5.41, 5.74) is 6.09. The number of nitrogens with one attached hydrogen (secondary N) is 1. The van der Waals surface area contributed by atoms with E-state index in [2.05, 4.69) is 74.1 Å². The quantitative estimate of drug-likeness (QED) is 0.409. The fourth-order valence-corrected chi connectivity index (χ4v) is 3.28. The molecule has 2 aromatic carbocycles. The van der Waals surface area contributed by atoms with Gasteiger partial charge in [0.25, 0.3) is 0 Å². The Morgan fingerprint density at radius 1 is 1.14 bits per heavy atom. The van der Waals surface area contributed by atoms with E-state index in [1.807, 2.05) is 19.3 Å². The van der Waals surface area contributed by atoms with Crippen LogP contribution in [0.15, 0.2) is 71.5 Å². The third kappa shape index (κ3) is 4.84. The molecule has 0 aliphatic carbocycles. The van der Waals surface area contributed by atoms with E-state index in [0.717, 1.165) is 39.1 Å². The lowest BCUT2D eigenvalue weighted by molar-refractivity contribution is 0.112. The number of aromatic nitrogens is 2. The van der Waals surface area contributed by atoms with Crippen molar-refractivity contribution in [2.45, 2.75) is 6.92 Å². The zero-order valence-electron chi connectivity index (χ0n) is 16.5. The first-order chi connectivity index (χ1) is 14.0. The lowest BCUT2D eigenvalue weighted by Gasteiger charge is -2.00. The summed E-state index contributed by atoms with van der Waals surface area (Å²) in [7, 11) is 3.51. The number of benzene rings is 2. The molecular weight excluding hydrogens is 430 g/mol. The number of hydrogen-bond donors (Lipinski definition) is 1. The van der Waals surface area contributed by atoms with Crippen molar-refractivity contribution >= 4 is 33.6 Å². The second kappa shape index (κ2) is 9.39. The molecule has 4 aromatic rings. The maximum Gasteiger partial charge on any atom is 0.151 e. The average Bonchev–Trinajstić information content (AvgIpc) is 3.20. The van der Waals surface area contributed by atoms with Gasteiger partial charge in [-0.3, -0.25) is 4.79 Å². The topological polar surface area (TPSA) is 55.6 Å². The summed E-state index contributed by atoms with van der Waals surface area (Å²) < 4.78 is 7.77. The predicted molar refractivity (Wildman–Crippen MR) is 121 cm³/mol. The van der Waals surface area contributed by atoms with Crippen molar-refractivity contribution in [2.24, 2.45) is 0 Å². The first-order valence-corrected chi connectivity index (χ1v) is 9.86. The molecule has 2 heterocycles. The number of hydrogen-bond acceptors (Lipinski definition) is 4. The molecule has 0 bridgehead atoms. The number of nitrogens with zero attached hydrogens (tertiary/aromatic N) is 2. The van der Waals surface area contributed by atoms with Crippen LogP contribution >= 0.6 is 15.9 Å². The molecule has 29 heavy (non-hydrogen) atoms. The van der Waals surface area contributed by atoms with Gasteiger partial charge in [-0.2, -0.15) is 0 Å². The van der Waals surface area contributed by atoms with Crippen molar-refractivity contribution in [1.82, 2.24) is 9.38 Å². The SMILES string of the molecule is CNc1ccc(-c2cn3cccc(C)c3n2)cc1.COc1ccc(C=O)c(Br)c1. The standard InChI is InChI=1S/C15H15N3.C8H7BrO2/c1-11-4-3-9-18-10-14(17-15(11)18)12-5-7-13(16-2)8-6-12;1-11-7-3-2-6(5-10)8(9)4-7/h3-10,16H,1-2H3;2-5H,1H3. The molecule has 0 unspecified atom stereocenters. The molecule has 6 heteroatoms. The minimum absolute atomic E-state index is 0.630. The molecule has 0 fully saturated rings. The van der Waals surface area contributed by atoms with Crippen LogP contribution in [0.3, 0.4) is 0 Å². The second-order valence-corrected chi connectivity index (χ2v) is 7.24. The van der Waals surface area contributed by atoms with Gasteiger partial charge in [-0.25, -0.2) is 4.98 Å². The summed E-state index contributed by atoms with van der Waals surface area (Å²) in [5, 5.41) is 3.12. The van der Waals surface area contributed by atoms with E-state index in [0.29, 0.717) is 5.56 Å². The number of halogens is 1. The molecule has 148 valence electrons. The van der Waals surface area contributed by atoms with Crippen LogP contribution in [0, 0.1) is 6.92 Å². The first-order valence-electron chi connectivity index (χ1n) is 9.07. The Kier molecular flexibility index (Phi) is 6.67. The van der Waals surface area contributed by atoms with Crippen LogP contribution in [-0.2, 0) is 0 Å². The zero-order valence-corrected chi connectivity index (χ0v) is 18.1. The number of pyridine rings is 1. The fraction of sp³-hybridized carbons (Fsp3) is 0.130. The van der Waals surface area contributed by atoms with Crippen LogP contribution in [0.25, 0.3) is 16.9 Å². The number of anilines is 1. The highest BCUT2D eigenvalue weighted by molar-refractivity contribution is 9.10.